The number of aliphatic imine (C=N–C) groups is 1. The highest BCUT2D eigenvalue weighted by atomic mass is 35.5. The maximum absolute atomic E-state index is 5.98. The molecule has 7 heteroatoms. The predicted molar refractivity (Wildman–Crippen MR) is 109 cm³/mol. The van der Waals surface area contributed by atoms with Crippen molar-refractivity contribution in [3.63, 3.8) is 0 Å². The fourth-order valence-corrected chi connectivity index (χ4v) is 2.89. The summed E-state index contributed by atoms with van der Waals surface area (Å²) in [6, 6.07) is 7.70. The smallest absolute Gasteiger partial charge is 0.191 e. The van der Waals surface area contributed by atoms with Crippen LogP contribution in [0.1, 0.15) is 43.4 Å². The topological polar surface area (TPSA) is 71.7 Å². The molecule has 0 radical (unpaired) electrons. The van der Waals surface area contributed by atoms with E-state index in [1.807, 2.05) is 31.2 Å². The van der Waals surface area contributed by atoms with Crippen molar-refractivity contribution in [1.82, 2.24) is 15.8 Å². The second-order valence-corrected chi connectivity index (χ2v) is 6.48. The highest BCUT2D eigenvalue weighted by Gasteiger charge is 2.13. The summed E-state index contributed by atoms with van der Waals surface area (Å²) in [5.41, 5.74) is 3.14. The summed E-state index contributed by atoms with van der Waals surface area (Å²) >= 11 is 5.98. The highest BCUT2D eigenvalue weighted by molar-refractivity contribution is 6.30. The van der Waals surface area contributed by atoms with E-state index < -0.39 is 0 Å². The van der Waals surface area contributed by atoms with Gasteiger partial charge in [0.2, 0.25) is 0 Å². The molecule has 0 fully saturated rings. The van der Waals surface area contributed by atoms with Gasteiger partial charge in [-0.05, 0) is 31.0 Å². The van der Waals surface area contributed by atoms with E-state index in [2.05, 4.69) is 34.6 Å². The third-order valence-corrected chi connectivity index (χ3v) is 4.28. The molecule has 0 bridgehead atoms. The molecule has 0 unspecified atom stereocenters. The number of guanidine groups is 1. The fourth-order valence-electron chi connectivity index (χ4n) is 2.67. The standard InChI is InChI=1S/C20H29ClN4O2/c1-4-18-17(19(5-2)27-25-18)13-24-20(22-6-3)23-10-11-26-14-15-8-7-9-16(21)12-15/h7-9,12H,4-6,10-11,13-14H2,1-3H3,(H2,22,23,24). The van der Waals surface area contributed by atoms with Crippen molar-refractivity contribution >= 4 is 17.6 Å². The van der Waals surface area contributed by atoms with Crippen LogP contribution in [-0.2, 0) is 30.7 Å². The van der Waals surface area contributed by atoms with Crippen LogP contribution in [0.15, 0.2) is 33.8 Å². The second kappa shape index (κ2) is 11.6. The second-order valence-electron chi connectivity index (χ2n) is 6.04. The van der Waals surface area contributed by atoms with E-state index >= 15 is 0 Å². The number of hydrogen-bond donors (Lipinski definition) is 2. The van der Waals surface area contributed by atoms with Gasteiger partial charge in [0.25, 0.3) is 0 Å². The lowest BCUT2D eigenvalue weighted by Crippen LogP contribution is -2.39. The normalized spacial score (nSPS) is 11.6. The molecule has 1 aromatic heterocycles. The van der Waals surface area contributed by atoms with Gasteiger partial charge in [-0.1, -0.05) is 42.7 Å². The molecule has 0 spiro atoms. The Morgan fingerprint density at radius 1 is 1.22 bits per heavy atom. The molecular formula is C20H29ClN4O2. The van der Waals surface area contributed by atoms with Gasteiger partial charge in [0, 0.05) is 30.1 Å². The predicted octanol–water partition coefficient (Wildman–Crippen LogP) is 3.72. The monoisotopic (exact) mass is 392 g/mol. The molecule has 1 heterocycles. The SMILES string of the molecule is CCNC(=NCc1c(CC)noc1CC)NCCOCc1cccc(Cl)c1. The zero-order valence-corrected chi connectivity index (χ0v) is 17.1. The highest BCUT2D eigenvalue weighted by Crippen LogP contribution is 2.16. The van der Waals surface area contributed by atoms with Crippen LogP contribution in [0, 0.1) is 0 Å². The molecule has 0 saturated carbocycles. The number of aromatic nitrogens is 1. The van der Waals surface area contributed by atoms with Crippen molar-refractivity contribution in [3.8, 4) is 0 Å². The Kier molecular flexibility index (Phi) is 9.15. The maximum atomic E-state index is 5.98. The Balaban J connectivity index is 1.82. The Morgan fingerprint density at radius 3 is 2.78 bits per heavy atom. The molecular weight excluding hydrogens is 364 g/mol. The summed E-state index contributed by atoms with van der Waals surface area (Å²) in [6.45, 7) is 9.30. The van der Waals surface area contributed by atoms with Crippen molar-refractivity contribution in [3.05, 3.63) is 51.9 Å². The van der Waals surface area contributed by atoms with E-state index in [1.165, 1.54) is 0 Å². The molecule has 0 aliphatic rings. The Hall–Kier alpha value is -2.05. The lowest BCUT2D eigenvalue weighted by Gasteiger charge is -2.12. The molecule has 6 nitrogen and oxygen atoms in total. The van der Waals surface area contributed by atoms with E-state index in [4.69, 9.17) is 20.9 Å². The van der Waals surface area contributed by atoms with Gasteiger partial charge in [-0.2, -0.15) is 0 Å². The maximum Gasteiger partial charge on any atom is 0.191 e. The Labute approximate surface area is 166 Å². The van der Waals surface area contributed by atoms with E-state index in [0.717, 1.165) is 52.9 Å². The van der Waals surface area contributed by atoms with Gasteiger partial charge in [-0.15, -0.1) is 0 Å². The molecule has 0 amide bonds. The van der Waals surface area contributed by atoms with Gasteiger partial charge in [-0.25, -0.2) is 4.99 Å². The first kappa shape index (κ1) is 21.3. The van der Waals surface area contributed by atoms with Crippen LogP contribution in [0.3, 0.4) is 0 Å². The quantitative estimate of drug-likeness (QED) is 0.366. The van der Waals surface area contributed by atoms with E-state index in [1.54, 1.807) is 0 Å². The zero-order chi connectivity index (χ0) is 19.5. The number of ether oxygens (including phenoxy) is 1. The summed E-state index contributed by atoms with van der Waals surface area (Å²) in [5, 5.41) is 11.4. The van der Waals surface area contributed by atoms with Crippen LogP contribution in [0.2, 0.25) is 5.02 Å². The number of nitrogens with zero attached hydrogens (tertiary/aromatic N) is 2. The van der Waals surface area contributed by atoms with Crippen molar-refractivity contribution < 1.29 is 9.26 Å². The summed E-state index contributed by atoms with van der Waals surface area (Å²) in [6.07, 6.45) is 1.66. The molecule has 0 aliphatic carbocycles. The van der Waals surface area contributed by atoms with Gasteiger partial charge in [0.05, 0.1) is 25.5 Å². The first-order chi connectivity index (χ1) is 13.2. The van der Waals surface area contributed by atoms with Crippen LogP contribution in [0.4, 0.5) is 0 Å². The third-order valence-electron chi connectivity index (χ3n) is 4.04. The third kappa shape index (κ3) is 6.88. The minimum Gasteiger partial charge on any atom is -0.375 e. The van der Waals surface area contributed by atoms with Crippen LogP contribution in [0.5, 0.6) is 0 Å². The van der Waals surface area contributed by atoms with Gasteiger partial charge >= 0.3 is 0 Å². The zero-order valence-electron chi connectivity index (χ0n) is 16.3. The largest absolute Gasteiger partial charge is 0.375 e. The summed E-state index contributed by atoms with van der Waals surface area (Å²) < 4.78 is 11.1. The average molecular weight is 393 g/mol. The minimum atomic E-state index is 0.538. The number of nitrogens with one attached hydrogen (secondary N) is 2. The molecule has 27 heavy (non-hydrogen) atoms. The Bertz CT molecular complexity index is 709. The number of rotatable bonds is 10. The number of hydrogen-bond acceptors (Lipinski definition) is 4. The summed E-state index contributed by atoms with van der Waals surface area (Å²) in [5.74, 6) is 1.67. The van der Waals surface area contributed by atoms with Crippen LogP contribution < -0.4 is 10.6 Å². The number of benzene rings is 1. The molecule has 0 saturated heterocycles. The van der Waals surface area contributed by atoms with Gasteiger partial charge in [0.1, 0.15) is 5.76 Å². The van der Waals surface area contributed by atoms with Crippen LogP contribution in [-0.4, -0.2) is 30.8 Å². The van der Waals surface area contributed by atoms with Gasteiger partial charge in [-0.3, -0.25) is 0 Å². The Morgan fingerprint density at radius 2 is 2.07 bits per heavy atom. The van der Waals surface area contributed by atoms with Crippen LogP contribution >= 0.6 is 11.6 Å². The van der Waals surface area contributed by atoms with Crippen molar-refractivity contribution in [2.45, 2.75) is 46.8 Å². The van der Waals surface area contributed by atoms with Crippen molar-refractivity contribution in [1.29, 1.82) is 0 Å². The van der Waals surface area contributed by atoms with Gasteiger partial charge < -0.3 is 19.9 Å². The first-order valence-electron chi connectivity index (χ1n) is 9.48. The first-order valence-corrected chi connectivity index (χ1v) is 9.86. The van der Waals surface area contributed by atoms with E-state index in [9.17, 15) is 0 Å². The molecule has 2 aromatic rings. The number of aryl methyl sites for hydroxylation is 2. The average Bonchev–Trinajstić information content (AvgIpc) is 3.07. The molecule has 0 atom stereocenters. The summed E-state index contributed by atoms with van der Waals surface area (Å²) in [4.78, 5) is 4.66. The van der Waals surface area contributed by atoms with E-state index in [-0.39, 0.29) is 0 Å². The van der Waals surface area contributed by atoms with Gasteiger partial charge in [0.15, 0.2) is 5.96 Å². The lowest BCUT2D eigenvalue weighted by molar-refractivity contribution is 0.125. The number of halogens is 1. The van der Waals surface area contributed by atoms with Crippen LogP contribution in [0.25, 0.3) is 0 Å². The summed E-state index contributed by atoms with van der Waals surface area (Å²) in [7, 11) is 0. The fraction of sp³-hybridized carbons (Fsp3) is 0.500. The van der Waals surface area contributed by atoms with Crippen molar-refractivity contribution in [2.75, 3.05) is 19.7 Å². The van der Waals surface area contributed by atoms with E-state index in [0.29, 0.717) is 26.3 Å². The molecule has 2 rings (SSSR count). The molecule has 2 N–H and O–H groups in total. The molecule has 1 aromatic carbocycles. The molecule has 148 valence electrons. The lowest BCUT2D eigenvalue weighted by atomic mass is 10.1. The minimum absolute atomic E-state index is 0.538. The van der Waals surface area contributed by atoms with Crippen molar-refractivity contribution in [2.24, 2.45) is 4.99 Å². The molecule has 0 aliphatic heterocycles.